The van der Waals surface area contributed by atoms with E-state index >= 15 is 0 Å². The van der Waals surface area contributed by atoms with Crippen molar-refractivity contribution in [2.45, 2.75) is 12.8 Å². The minimum atomic E-state index is -1.30. The van der Waals surface area contributed by atoms with Crippen LogP contribution in [0, 0.1) is 10.8 Å². The lowest BCUT2D eigenvalue weighted by Crippen LogP contribution is -2.36. The number of carboxylic acids is 2. The fourth-order valence-corrected chi connectivity index (χ4v) is 3.20. The lowest BCUT2D eigenvalue weighted by molar-refractivity contribution is -0.140. The Morgan fingerprint density at radius 3 is 2.58 bits per heavy atom. The van der Waals surface area contributed by atoms with Crippen molar-refractivity contribution in [3.8, 4) is 0 Å². The minimum Gasteiger partial charge on any atom is -0.481 e. The van der Waals surface area contributed by atoms with Crippen LogP contribution in [-0.2, 0) is 14.3 Å². The maximum atomic E-state index is 11.9. The van der Waals surface area contributed by atoms with Crippen molar-refractivity contribution < 1.29 is 24.5 Å². The summed E-state index contributed by atoms with van der Waals surface area (Å²) in [6, 6.07) is 6.50. The third-order valence-electron chi connectivity index (χ3n) is 4.02. The summed E-state index contributed by atoms with van der Waals surface area (Å²) < 4.78 is 5.25. The summed E-state index contributed by atoms with van der Waals surface area (Å²) in [5.41, 5.74) is 0.554. The van der Waals surface area contributed by atoms with Crippen molar-refractivity contribution in [3.05, 3.63) is 51.0 Å². The predicted octanol–water partition coefficient (Wildman–Crippen LogP) is 2.72. The third-order valence-corrected chi connectivity index (χ3v) is 4.36. The molecule has 0 radical (unpaired) electrons. The van der Waals surface area contributed by atoms with Gasteiger partial charge in [0.2, 0.25) is 0 Å². The van der Waals surface area contributed by atoms with Gasteiger partial charge in [0.15, 0.2) is 0 Å². The molecule has 2 N–H and O–H groups in total. The van der Waals surface area contributed by atoms with Crippen LogP contribution in [0.3, 0.4) is 0 Å². The Labute approximate surface area is 154 Å². The monoisotopic (exact) mass is 380 g/mol. The highest BCUT2D eigenvalue weighted by molar-refractivity contribution is 6.31. The van der Waals surface area contributed by atoms with E-state index in [-0.39, 0.29) is 41.8 Å². The lowest BCUT2D eigenvalue weighted by atomic mass is 9.75. The van der Waals surface area contributed by atoms with Gasteiger partial charge in [-0.25, -0.2) is 4.79 Å². The number of aliphatic carboxylic acids is 2. The number of nitrogens with zero attached hydrogens (tertiary/aromatic N) is 2. The van der Waals surface area contributed by atoms with E-state index in [2.05, 4.69) is 10.2 Å². The Hall–Kier alpha value is -2.58. The zero-order valence-corrected chi connectivity index (χ0v) is 14.6. The van der Waals surface area contributed by atoms with Crippen LogP contribution in [0.15, 0.2) is 45.7 Å². The molecule has 1 aliphatic heterocycles. The maximum absolute atomic E-state index is 11.9. The molecular weight excluding hydrogens is 364 g/mol. The van der Waals surface area contributed by atoms with E-state index in [1.807, 2.05) is 0 Å². The third kappa shape index (κ3) is 4.14. The van der Waals surface area contributed by atoms with Gasteiger partial charge >= 0.3 is 11.9 Å². The summed E-state index contributed by atoms with van der Waals surface area (Å²) in [7, 11) is 0. The molecule has 2 rings (SSSR count). The van der Waals surface area contributed by atoms with Crippen LogP contribution in [0.5, 0.6) is 0 Å². The standard InChI is InChI=1S/C17H17ClN2O6/c1-9-13(16(21)22)14(10-4-2-3-5-11(10)18)15(17(23)24)12(20-9)8-26-7-6-19-25/h2-5,13-14H,6-8H2,1H3,(H,21,22)(H,23,24). The van der Waals surface area contributed by atoms with Gasteiger partial charge in [-0.05, 0) is 18.6 Å². The second-order valence-electron chi connectivity index (χ2n) is 5.64. The highest BCUT2D eigenvalue weighted by atomic mass is 35.5. The van der Waals surface area contributed by atoms with Crippen LogP contribution in [0.1, 0.15) is 18.4 Å². The summed E-state index contributed by atoms with van der Waals surface area (Å²) in [5, 5.41) is 22.3. The average Bonchev–Trinajstić information content (AvgIpc) is 2.57. The van der Waals surface area contributed by atoms with Crippen molar-refractivity contribution in [3.63, 3.8) is 0 Å². The van der Waals surface area contributed by atoms with Gasteiger partial charge < -0.3 is 14.9 Å². The lowest BCUT2D eigenvalue weighted by Gasteiger charge is -2.30. The van der Waals surface area contributed by atoms with E-state index in [1.165, 1.54) is 6.92 Å². The van der Waals surface area contributed by atoms with Crippen LogP contribution in [0.4, 0.5) is 0 Å². The van der Waals surface area contributed by atoms with E-state index in [0.29, 0.717) is 5.56 Å². The molecule has 0 fully saturated rings. The molecule has 0 saturated carbocycles. The summed E-state index contributed by atoms with van der Waals surface area (Å²) in [5.74, 6) is -4.68. The molecule has 0 aromatic heterocycles. The molecular formula is C17H17ClN2O6. The van der Waals surface area contributed by atoms with Gasteiger partial charge in [-0.15, -0.1) is 0 Å². The molecule has 1 aliphatic rings. The van der Waals surface area contributed by atoms with Gasteiger partial charge in [-0.1, -0.05) is 35.0 Å². The Bertz CT molecular complexity index is 789. The number of rotatable bonds is 8. The van der Waals surface area contributed by atoms with Crippen LogP contribution in [0.2, 0.25) is 5.02 Å². The first-order valence-corrected chi connectivity index (χ1v) is 8.11. The first kappa shape index (κ1) is 19.7. The molecule has 1 heterocycles. The predicted molar refractivity (Wildman–Crippen MR) is 94.6 cm³/mol. The normalized spacial score (nSPS) is 19.8. The van der Waals surface area contributed by atoms with Gasteiger partial charge in [0.05, 0.1) is 24.5 Å². The van der Waals surface area contributed by atoms with E-state index in [0.717, 1.165) is 0 Å². The molecule has 0 saturated heterocycles. The highest BCUT2D eigenvalue weighted by Gasteiger charge is 2.42. The molecule has 1 aromatic carbocycles. The molecule has 2 unspecified atom stereocenters. The molecule has 8 nitrogen and oxygen atoms in total. The van der Waals surface area contributed by atoms with E-state index < -0.39 is 23.8 Å². The largest absolute Gasteiger partial charge is 0.481 e. The first-order chi connectivity index (χ1) is 12.4. The molecule has 2 atom stereocenters. The number of halogens is 1. The molecule has 1 aromatic rings. The fraction of sp³-hybridized carbons (Fsp3) is 0.353. The van der Waals surface area contributed by atoms with Gasteiger partial charge in [0, 0.05) is 16.7 Å². The topological polar surface area (TPSA) is 126 Å². The second kappa shape index (κ2) is 8.68. The number of aliphatic imine (C=N–C) groups is 1. The number of hydrogen-bond acceptors (Lipinski definition) is 6. The average molecular weight is 381 g/mol. The van der Waals surface area contributed by atoms with Crippen molar-refractivity contribution in [2.24, 2.45) is 16.1 Å². The summed E-state index contributed by atoms with van der Waals surface area (Å²) in [6.07, 6.45) is 0. The SMILES string of the molecule is CC1=NC(COCCN=O)=C(C(=O)O)C(c2ccccc2Cl)C1C(=O)O. The number of benzene rings is 1. The summed E-state index contributed by atoms with van der Waals surface area (Å²) in [6.45, 7) is 1.27. The minimum absolute atomic E-state index is 0.00753. The first-order valence-electron chi connectivity index (χ1n) is 7.74. The van der Waals surface area contributed by atoms with Gasteiger partial charge in [-0.2, -0.15) is 4.91 Å². The Balaban J connectivity index is 2.56. The zero-order valence-electron chi connectivity index (χ0n) is 13.9. The molecule has 0 amide bonds. The Morgan fingerprint density at radius 2 is 2.00 bits per heavy atom. The van der Waals surface area contributed by atoms with Gasteiger partial charge in [0.25, 0.3) is 0 Å². The molecule has 26 heavy (non-hydrogen) atoms. The molecule has 0 aliphatic carbocycles. The van der Waals surface area contributed by atoms with E-state index in [1.54, 1.807) is 24.3 Å². The van der Waals surface area contributed by atoms with Crippen LogP contribution in [0.25, 0.3) is 0 Å². The number of carbonyl (C=O) groups is 2. The molecule has 9 heteroatoms. The number of ether oxygens (including phenoxy) is 1. The number of nitroso groups, excluding NO2 is 1. The van der Waals surface area contributed by atoms with Crippen molar-refractivity contribution in [2.75, 3.05) is 19.8 Å². The quantitative estimate of drug-likeness (QED) is 0.527. The summed E-state index contributed by atoms with van der Waals surface area (Å²) >= 11 is 6.21. The Kier molecular flexibility index (Phi) is 6.59. The van der Waals surface area contributed by atoms with Crippen molar-refractivity contribution in [1.82, 2.24) is 0 Å². The molecule has 0 bridgehead atoms. The summed E-state index contributed by atoms with van der Waals surface area (Å²) in [4.78, 5) is 38.0. The fourth-order valence-electron chi connectivity index (χ4n) is 2.95. The highest BCUT2D eigenvalue weighted by Crippen LogP contribution is 2.41. The van der Waals surface area contributed by atoms with E-state index in [9.17, 15) is 24.7 Å². The van der Waals surface area contributed by atoms with Crippen LogP contribution < -0.4 is 0 Å². The Morgan fingerprint density at radius 1 is 1.31 bits per heavy atom. The second-order valence-corrected chi connectivity index (χ2v) is 6.05. The van der Waals surface area contributed by atoms with Crippen molar-refractivity contribution >= 4 is 29.3 Å². The maximum Gasteiger partial charge on any atom is 0.334 e. The van der Waals surface area contributed by atoms with Gasteiger partial charge in [0.1, 0.15) is 12.5 Å². The molecule has 138 valence electrons. The van der Waals surface area contributed by atoms with Crippen LogP contribution in [-0.4, -0.2) is 47.6 Å². The molecule has 0 spiro atoms. The van der Waals surface area contributed by atoms with E-state index in [4.69, 9.17) is 16.3 Å². The smallest absolute Gasteiger partial charge is 0.334 e. The van der Waals surface area contributed by atoms with Gasteiger partial charge in [-0.3, -0.25) is 9.79 Å². The zero-order chi connectivity index (χ0) is 19.3. The number of hydrogen-bond donors (Lipinski definition) is 2. The van der Waals surface area contributed by atoms with Crippen molar-refractivity contribution in [1.29, 1.82) is 0 Å². The number of carboxylic acid groups (broad SMARTS) is 2. The van der Waals surface area contributed by atoms with Crippen LogP contribution >= 0.6 is 11.6 Å².